The molecule has 5 N–H and O–H groups in total. The highest BCUT2D eigenvalue weighted by Crippen LogP contribution is 2.38. The summed E-state index contributed by atoms with van der Waals surface area (Å²) in [4.78, 5) is 0. The van der Waals surface area contributed by atoms with Gasteiger partial charge in [-0.05, 0) is 84.8 Å². The number of nitrogens with one attached hydrogen (secondary N) is 3. The molecule has 2 unspecified atom stereocenters. The number of rotatable bonds is 11. The van der Waals surface area contributed by atoms with Gasteiger partial charge in [-0.15, -0.1) is 0 Å². The molecule has 0 fully saturated rings. The van der Waals surface area contributed by atoms with Crippen LogP contribution >= 0.6 is 22.6 Å². The van der Waals surface area contributed by atoms with E-state index in [0.29, 0.717) is 3.57 Å². The molecule has 3 aromatic rings. The van der Waals surface area contributed by atoms with Crippen molar-refractivity contribution in [3.63, 3.8) is 0 Å². The van der Waals surface area contributed by atoms with Gasteiger partial charge in [-0.1, -0.05) is 0 Å². The predicted molar refractivity (Wildman–Crippen MR) is 134 cm³/mol. The van der Waals surface area contributed by atoms with Gasteiger partial charge in [0.1, 0.15) is 17.4 Å². The smallest absolute Gasteiger partial charge is 0.299 e. The van der Waals surface area contributed by atoms with Crippen molar-refractivity contribution in [3.05, 3.63) is 63.9 Å². The van der Waals surface area contributed by atoms with Crippen molar-refractivity contribution >= 4 is 49.9 Å². The summed E-state index contributed by atoms with van der Waals surface area (Å²) < 4.78 is 65.6. The Morgan fingerprint density at radius 2 is 1.88 bits per heavy atom. The molecule has 0 radical (unpaired) electrons. The molecule has 12 heteroatoms. The monoisotopic (exact) mass is 607 g/mol. The third-order valence-corrected chi connectivity index (χ3v) is 6.68. The second-order valence-electron chi connectivity index (χ2n) is 7.64. The summed E-state index contributed by atoms with van der Waals surface area (Å²) in [5, 5.41) is 21.2. The zero-order valence-corrected chi connectivity index (χ0v) is 21.0. The maximum Gasteiger partial charge on any atom is 0.299 e. The first-order chi connectivity index (χ1) is 16.1. The zero-order chi connectivity index (χ0) is 24.9. The van der Waals surface area contributed by atoms with Crippen LogP contribution in [0.2, 0.25) is 0 Å². The quantitative estimate of drug-likeness (QED) is 0.207. The molecule has 0 amide bonds. The molecular weight excluding hydrogens is 583 g/mol. The maximum atomic E-state index is 14.5. The van der Waals surface area contributed by atoms with Crippen LogP contribution in [0.4, 0.5) is 25.8 Å². The Kier molecular flexibility index (Phi) is 8.87. The molecular formula is C22H24F2IN3O5S. The molecule has 8 nitrogen and oxygen atoms in total. The minimum absolute atomic E-state index is 0.0242. The average molecular weight is 607 g/mol. The Labute approximate surface area is 209 Å². The molecule has 1 heterocycles. The second kappa shape index (κ2) is 11.4. The fourth-order valence-electron chi connectivity index (χ4n) is 3.20. The first kappa shape index (κ1) is 26.3. The van der Waals surface area contributed by atoms with Crippen molar-refractivity contribution in [2.75, 3.05) is 16.6 Å². The van der Waals surface area contributed by atoms with E-state index in [4.69, 9.17) is 9.52 Å². The van der Waals surface area contributed by atoms with E-state index in [1.165, 1.54) is 24.5 Å². The molecule has 0 aliphatic carbocycles. The highest BCUT2D eigenvalue weighted by atomic mass is 127. The summed E-state index contributed by atoms with van der Waals surface area (Å²) in [6.07, 6.45) is 0.850. The van der Waals surface area contributed by atoms with Gasteiger partial charge < -0.3 is 19.9 Å². The zero-order valence-electron chi connectivity index (χ0n) is 18.1. The van der Waals surface area contributed by atoms with Crippen molar-refractivity contribution in [2.45, 2.75) is 31.9 Å². The third-order valence-electron chi connectivity index (χ3n) is 4.83. The lowest BCUT2D eigenvalue weighted by Crippen LogP contribution is -2.37. The average Bonchev–Trinajstić information content (AvgIpc) is 3.29. The maximum absolute atomic E-state index is 14.5. The predicted octanol–water partition coefficient (Wildman–Crippen LogP) is 4.34. The van der Waals surface area contributed by atoms with Gasteiger partial charge in [-0.25, -0.2) is 8.78 Å². The Bertz CT molecular complexity index is 1230. The lowest BCUT2D eigenvalue weighted by Gasteiger charge is -2.20. The van der Waals surface area contributed by atoms with Crippen molar-refractivity contribution in [2.24, 2.45) is 0 Å². The highest BCUT2D eigenvalue weighted by Gasteiger charge is 2.22. The summed E-state index contributed by atoms with van der Waals surface area (Å²) >= 11 is 1.95. The van der Waals surface area contributed by atoms with Crippen LogP contribution in [0.5, 0.6) is 0 Å². The SMILES string of the molecule is CC(CCC(O)CO)NS(=O)(=O)Nc1c(Nc2ccc(I)cc2F)cc(F)cc1-c1ccco1. The van der Waals surface area contributed by atoms with E-state index in [2.05, 4.69) is 14.8 Å². The lowest BCUT2D eigenvalue weighted by atomic mass is 10.1. The number of benzene rings is 2. The summed E-state index contributed by atoms with van der Waals surface area (Å²) in [6, 6.07) is 9.05. The number of hydrogen-bond donors (Lipinski definition) is 5. The molecule has 34 heavy (non-hydrogen) atoms. The summed E-state index contributed by atoms with van der Waals surface area (Å²) in [5.41, 5.74) is 0.0490. The van der Waals surface area contributed by atoms with Gasteiger partial charge in [0.05, 0.1) is 36.0 Å². The summed E-state index contributed by atoms with van der Waals surface area (Å²) in [7, 11) is -4.19. The third kappa shape index (κ3) is 7.12. The number of anilines is 3. The second-order valence-corrected chi connectivity index (χ2v) is 10.3. The number of halogens is 3. The van der Waals surface area contributed by atoms with Gasteiger partial charge in [-0.3, -0.25) is 4.72 Å². The highest BCUT2D eigenvalue weighted by molar-refractivity contribution is 14.1. The Balaban J connectivity index is 1.96. The molecule has 0 spiro atoms. The van der Waals surface area contributed by atoms with E-state index < -0.39 is 40.6 Å². The van der Waals surface area contributed by atoms with Crippen LogP contribution in [0.25, 0.3) is 11.3 Å². The van der Waals surface area contributed by atoms with Gasteiger partial charge >= 0.3 is 0 Å². The van der Waals surface area contributed by atoms with Crippen LogP contribution < -0.4 is 14.8 Å². The minimum Gasteiger partial charge on any atom is -0.464 e. The number of hydrogen-bond acceptors (Lipinski definition) is 6. The van der Waals surface area contributed by atoms with Crippen molar-refractivity contribution < 1.29 is 31.8 Å². The number of aliphatic hydroxyl groups excluding tert-OH is 2. The normalized spacial score (nSPS) is 13.5. The van der Waals surface area contributed by atoms with E-state index in [1.807, 2.05) is 22.6 Å². The van der Waals surface area contributed by atoms with Gasteiger partial charge in [0.25, 0.3) is 10.2 Å². The van der Waals surface area contributed by atoms with Crippen LogP contribution in [0.1, 0.15) is 19.8 Å². The molecule has 0 saturated heterocycles. The van der Waals surface area contributed by atoms with E-state index in [1.54, 1.807) is 19.1 Å². The molecule has 3 rings (SSSR count). The van der Waals surface area contributed by atoms with E-state index >= 15 is 0 Å². The van der Waals surface area contributed by atoms with Crippen molar-refractivity contribution in [1.82, 2.24) is 4.72 Å². The topological polar surface area (TPSA) is 124 Å². The molecule has 0 aliphatic heterocycles. The van der Waals surface area contributed by atoms with Crippen LogP contribution in [-0.2, 0) is 10.2 Å². The van der Waals surface area contributed by atoms with Gasteiger partial charge in [0, 0.05) is 15.2 Å². The van der Waals surface area contributed by atoms with Gasteiger partial charge in [-0.2, -0.15) is 13.1 Å². The van der Waals surface area contributed by atoms with E-state index in [-0.39, 0.29) is 41.2 Å². The summed E-state index contributed by atoms with van der Waals surface area (Å²) in [5.74, 6) is -1.09. The lowest BCUT2D eigenvalue weighted by molar-refractivity contribution is 0.0850. The van der Waals surface area contributed by atoms with Crippen molar-refractivity contribution in [3.8, 4) is 11.3 Å². The van der Waals surface area contributed by atoms with Crippen LogP contribution in [-0.4, -0.2) is 37.4 Å². The van der Waals surface area contributed by atoms with Crippen LogP contribution in [0, 0.1) is 15.2 Å². The summed E-state index contributed by atoms with van der Waals surface area (Å²) in [6.45, 7) is 1.17. The number of aliphatic hydroxyl groups is 2. The molecule has 0 bridgehead atoms. The Morgan fingerprint density at radius 3 is 2.53 bits per heavy atom. The molecule has 1 aromatic heterocycles. The Hall–Kier alpha value is -2.26. The van der Waals surface area contributed by atoms with Crippen LogP contribution in [0.15, 0.2) is 53.1 Å². The minimum atomic E-state index is -4.19. The largest absolute Gasteiger partial charge is 0.464 e. The Morgan fingerprint density at radius 1 is 1.12 bits per heavy atom. The first-order valence-electron chi connectivity index (χ1n) is 10.3. The first-order valence-corrected chi connectivity index (χ1v) is 12.8. The molecule has 0 aliphatic rings. The van der Waals surface area contributed by atoms with E-state index in [0.717, 1.165) is 12.1 Å². The van der Waals surface area contributed by atoms with Gasteiger partial charge in [0.15, 0.2) is 0 Å². The fourth-order valence-corrected chi connectivity index (χ4v) is 4.85. The molecule has 184 valence electrons. The standard InChI is InChI=1S/C22H24F2IN3O5S/c1-13(4-6-16(30)12-29)27-34(31,32)28-22-17(21-3-2-8-33-21)9-14(23)10-20(22)26-19-7-5-15(25)11-18(19)24/h2-3,5,7-11,13,16,26-30H,4,6,12H2,1H3. The molecule has 0 saturated carbocycles. The fraction of sp³-hybridized carbons (Fsp3) is 0.273. The van der Waals surface area contributed by atoms with Crippen LogP contribution in [0.3, 0.4) is 0 Å². The molecule has 2 atom stereocenters. The number of furan rings is 1. The molecule has 2 aromatic carbocycles. The van der Waals surface area contributed by atoms with E-state index in [9.17, 15) is 22.3 Å². The van der Waals surface area contributed by atoms with Gasteiger partial charge in [0.2, 0.25) is 0 Å². The van der Waals surface area contributed by atoms with Crippen molar-refractivity contribution in [1.29, 1.82) is 0 Å².